The molecule has 8 nitrogen and oxygen atoms in total. The summed E-state index contributed by atoms with van der Waals surface area (Å²) in [7, 11) is 0. The van der Waals surface area contributed by atoms with Crippen LogP contribution in [0.25, 0.3) is 0 Å². The van der Waals surface area contributed by atoms with Crippen LogP contribution in [-0.4, -0.2) is 53.6 Å². The Morgan fingerprint density at radius 2 is 1.65 bits per heavy atom. The number of nitrogens with one attached hydrogen (secondary N) is 1. The third-order valence-electron chi connectivity index (χ3n) is 3.78. The van der Waals surface area contributed by atoms with Gasteiger partial charge in [0, 0.05) is 25.0 Å². The second-order valence-electron chi connectivity index (χ2n) is 7.99. The number of fused-ring (bicyclic) bond motifs is 1. The number of carbonyl (C=O) groups excluding carboxylic acids is 3. The quantitative estimate of drug-likeness (QED) is 0.747. The largest absolute Gasteiger partial charge is 0.455 e. The fraction of sp³-hybridized carbons (Fsp3) is 0.722. The van der Waals surface area contributed by atoms with E-state index < -0.39 is 47.7 Å². The van der Waals surface area contributed by atoms with Gasteiger partial charge in [0.05, 0.1) is 0 Å². The molecule has 0 radical (unpaired) electrons. The number of hydrogen-bond acceptors (Lipinski definition) is 7. The minimum absolute atomic E-state index is 0.283. The van der Waals surface area contributed by atoms with Gasteiger partial charge < -0.3 is 24.3 Å². The molecule has 2 rings (SSSR count). The van der Waals surface area contributed by atoms with Crippen molar-refractivity contribution in [1.82, 2.24) is 5.32 Å². The molecule has 0 aromatic carbocycles. The molecule has 1 saturated heterocycles. The van der Waals surface area contributed by atoms with Crippen molar-refractivity contribution in [1.29, 1.82) is 0 Å². The second-order valence-corrected chi connectivity index (χ2v) is 7.99. The summed E-state index contributed by atoms with van der Waals surface area (Å²) < 4.78 is 22.4. The SMILES string of the molecule is CC(=O)O[C@H]1[C@@H]2OC(C)(C)O[C@@H]2C(C(=O)NC(C)(C)C)=C[C@H]1OC(C)=O. The minimum atomic E-state index is -0.986. The van der Waals surface area contributed by atoms with E-state index in [4.69, 9.17) is 18.9 Å². The monoisotopic (exact) mass is 369 g/mol. The number of ether oxygens (including phenoxy) is 4. The summed E-state index contributed by atoms with van der Waals surface area (Å²) in [6.45, 7) is 11.5. The van der Waals surface area contributed by atoms with Gasteiger partial charge in [0.2, 0.25) is 5.91 Å². The van der Waals surface area contributed by atoms with Crippen molar-refractivity contribution < 1.29 is 33.3 Å². The van der Waals surface area contributed by atoms with E-state index in [1.165, 1.54) is 19.9 Å². The lowest BCUT2D eigenvalue weighted by Gasteiger charge is -2.36. The van der Waals surface area contributed by atoms with E-state index in [0.717, 1.165) is 0 Å². The molecule has 146 valence electrons. The lowest BCUT2D eigenvalue weighted by atomic mass is 9.88. The fourth-order valence-electron chi connectivity index (χ4n) is 3.06. The highest BCUT2D eigenvalue weighted by Gasteiger charge is 2.55. The molecular formula is C18H27NO7. The van der Waals surface area contributed by atoms with Gasteiger partial charge >= 0.3 is 11.9 Å². The van der Waals surface area contributed by atoms with E-state index in [0.29, 0.717) is 0 Å². The molecule has 4 atom stereocenters. The Bertz CT molecular complexity index is 632. The van der Waals surface area contributed by atoms with E-state index in [-0.39, 0.29) is 11.5 Å². The molecule has 1 aliphatic carbocycles. The maximum absolute atomic E-state index is 12.8. The van der Waals surface area contributed by atoms with Crippen LogP contribution in [0.3, 0.4) is 0 Å². The number of rotatable bonds is 3. The van der Waals surface area contributed by atoms with Crippen molar-refractivity contribution in [3.05, 3.63) is 11.6 Å². The molecule has 8 heteroatoms. The molecule has 0 aromatic heterocycles. The summed E-state index contributed by atoms with van der Waals surface area (Å²) in [5.41, 5.74) is -0.184. The highest BCUT2D eigenvalue weighted by atomic mass is 16.8. The Balaban J connectivity index is 2.44. The van der Waals surface area contributed by atoms with Gasteiger partial charge in [-0.05, 0) is 40.7 Å². The molecule has 1 heterocycles. The molecule has 0 unspecified atom stereocenters. The lowest BCUT2D eigenvalue weighted by molar-refractivity contribution is -0.184. The fourth-order valence-corrected chi connectivity index (χ4v) is 3.06. The predicted molar refractivity (Wildman–Crippen MR) is 90.9 cm³/mol. The minimum Gasteiger partial charge on any atom is -0.455 e. The zero-order chi connectivity index (χ0) is 19.9. The average Bonchev–Trinajstić information content (AvgIpc) is 2.73. The van der Waals surface area contributed by atoms with Crippen LogP contribution in [0.15, 0.2) is 11.6 Å². The van der Waals surface area contributed by atoms with Gasteiger partial charge in [0.1, 0.15) is 12.2 Å². The molecule has 1 N–H and O–H groups in total. The van der Waals surface area contributed by atoms with Crippen LogP contribution in [-0.2, 0) is 33.3 Å². The Morgan fingerprint density at radius 3 is 2.15 bits per heavy atom. The Kier molecular flexibility index (Phi) is 5.49. The smallest absolute Gasteiger partial charge is 0.303 e. The third kappa shape index (κ3) is 4.82. The summed E-state index contributed by atoms with van der Waals surface area (Å²) in [5.74, 6) is -2.45. The van der Waals surface area contributed by atoms with Crippen molar-refractivity contribution in [2.45, 2.75) is 84.2 Å². The predicted octanol–water partition coefficient (Wildman–Crippen LogP) is 1.22. The van der Waals surface area contributed by atoms with Gasteiger partial charge in [-0.15, -0.1) is 0 Å². The zero-order valence-corrected chi connectivity index (χ0v) is 16.2. The summed E-state index contributed by atoms with van der Waals surface area (Å²) in [6, 6.07) is 0. The highest BCUT2D eigenvalue weighted by molar-refractivity contribution is 5.95. The third-order valence-corrected chi connectivity index (χ3v) is 3.78. The topological polar surface area (TPSA) is 100 Å². The Morgan fingerprint density at radius 1 is 1.08 bits per heavy atom. The molecule has 0 bridgehead atoms. The Hall–Kier alpha value is -1.93. The van der Waals surface area contributed by atoms with Crippen LogP contribution in [0, 0.1) is 0 Å². The first-order valence-corrected chi connectivity index (χ1v) is 8.53. The number of carbonyl (C=O) groups is 3. The van der Waals surface area contributed by atoms with Crippen molar-refractivity contribution in [3.8, 4) is 0 Å². The average molecular weight is 369 g/mol. The number of amides is 1. The molecule has 2 aliphatic rings. The van der Waals surface area contributed by atoms with Crippen LogP contribution in [0.4, 0.5) is 0 Å². The maximum Gasteiger partial charge on any atom is 0.303 e. The molecular weight excluding hydrogens is 342 g/mol. The van der Waals surface area contributed by atoms with Gasteiger partial charge in [0.25, 0.3) is 0 Å². The standard InChI is InChI=1S/C18H27NO7/c1-9(20)23-12-8-11(16(22)19-17(3,4)5)13-15(14(12)24-10(2)21)26-18(6,7)25-13/h8,12-15H,1-7H3,(H,19,22)/t12-,13-,14-,15-/m1/s1. The van der Waals surface area contributed by atoms with Gasteiger partial charge in [-0.1, -0.05) is 0 Å². The maximum atomic E-state index is 12.8. The molecule has 1 aliphatic heterocycles. The van der Waals surface area contributed by atoms with E-state index in [9.17, 15) is 14.4 Å². The first-order chi connectivity index (χ1) is 11.8. The summed E-state index contributed by atoms with van der Waals surface area (Å²) in [6.07, 6.45) is -1.90. The van der Waals surface area contributed by atoms with Crippen LogP contribution < -0.4 is 5.32 Å². The van der Waals surface area contributed by atoms with Crippen LogP contribution in [0.2, 0.25) is 0 Å². The number of esters is 2. The summed E-state index contributed by atoms with van der Waals surface area (Å²) in [4.78, 5) is 35.8. The van der Waals surface area contributed by atoms with E-state index in [2.05, 4.69) is 5.32 Å². The van der Waals surface area contributed by atoms with E-state index in [1.807, 2.05) is 20.8 Å². The summed E-state index contributed by atoms with van der Waals surface area (Å²) >= 11 is 0. The Labute approximate surface area is 153 Å². The van der Waals surface area contributed by atoms with Crippen molar-refractivity contribution in [3.63, 3.8) is 0 Å². The molecule has 0 spiro atoms. The molecule has 0 saturated carbocycles. The first kappa shape index (κ1) is 20.4. The van der Waals surface area contributed by atoms with E-state index >= 15 is 0 Å². The normalized spacial score (nSPS) is 30.0. The molecule has 1 amide bonds. The van der Waals surface area contributed by atoms with Crippen molar-refractivity contribution in [2.24, 2.45) is 0 Å². The van der Waals surface area contributed by atoms with Gasteiger partial charge in [-0.3, -0.25) is 14.4 Å². The molecule has 0 aromatic rings. The van der Waals surface area contributed by atoms with Crippen molar-refractivity contribution in [2.75, 3.05) is 0 Å². The second kappa shape index (κ2) is 7.00. The molecule has 1 fully saturated rings. The lowest BCUT2D eigenvalue weighted by Crippen LogP contribution is -2.54. The first-order valence-electron chi connectivity index (χ1n) is 8.53. The summed E-state index contributed by atoms with van der Waals surface area (Å²) in [5, 5.41) is 2.87. The van der Waals surface area contributed by atoms with Crippen LogP contribution >= 0.6 is 0 Å². The van der Waals surface area contributed by atoms with Gasteiger partial charge in [-0.2, -0.15) is 0 Å². The van der Waals surface area contributed by atoms with Gasteiger partial charge in [0.15, 0.2) is 18.0 Å². The zero-order valence-electron chi connectivity index (χ0n) is 16.2. The highest BCUT2D eigenvalue weighted by Crippen LogP contribution is 2.39. The van der Waals surface area contributed by atoms with E-state index in [1.54, 1.807) is 13.8 Å². The van der Waals surface area contributed by atoms with Crippen molar-refractivity contribution >= 4 is 17.8 Å². The molecule has 26 heavy (non-hydrogen) atoms. The van der Waals surface area contributed by atoms with Crippen LogP contribution in [0.5, 0.6) is 0 Å². The number of hydrogen-bond donors (Lipinski definition) is 1. The van der Waals surface area contributed by atoms with Gasteiger partial charge in [-0.25, -0.2) is 0 Å². The van der Waals surface area contributed by atoms with Crippen LogP contribution in [0.1, 0.15) is 48.5 Å².